The summed E-state index contributed by atoms with van der Waals surface area (Å²) in [4.78, 5) is 27.9. The number of nitro groups is 1. The van der Waals surface area contributed by atoms with E-state index >= 15 is 0 Å². The predicted octanol–water partition coefficient (Wildman–Crippen LogP) is 2.91. The number of nitrogens with zero attached hydrogens (tertiary/aromatic N) is 3. The molecule has 0 aliphatic rings. The standard InChI is InChI=1S/C12H16ClN3O3/c1-3-7-15(8-4-2)12(17)9-5-6-14-11(13)10(9)16(18)19/h5-6H,3-4,7-8H2,1-2H3. The molecule has 0 fully saturated rings. The Hall–Kier alpha value is -1.69. The first kappa shape index (κ1) is 15.4. The molecular formula is C12H16ClN3O3. The van der Waals surface area contributed by atoms with Crippen LogP contribution in [0.4, 0.5) is 5.69 Å². The van der Waals surface area contributed by atoms with Crippen LogP contribution in [0.5, 0.6) is 0 Å². The lowest BCUT2D eigenvalue weighted by Crippen LogP contribution is -2.33. The summed E-state index contributed by atoms with van der Waals surface area (Å²) < 4.78 is 0. The molecule has 1 amide bonds. The van der Waals surface area contributed by atoms with Crippen molar-refractivity contribution in [1.29, 1.82) is 0 Å². The molecule has 0 aromatic carbocycles. The fraction of sp³-hybridized carbons (Fsp3) is 0.500. The summed E-state index contributed by atoms with van der Waals surface area (Å²) >= 11 is 5.70. The Bertz CT molecular complexity index is 473. The largest absolute Gasteiger partial charge is 0.338 e. The van der Waals surface area contributed by atoms with Crippen molar-refractivity contribution < 1.29 is 9.72 Å². The van der Waals surface area contributed by atoms with Crippen LogP contribution in [0.25, 0.3) is 0 Å². The van der Waals surface area contributed by atoms with Gasteiger partial charge in [0.15, 0.2) is 0 Å². The van der Waals surface area contributed by atoms with Crippen LogP contribution in [0.2, 0.25) is 5.15 Å². The lowest BCUT2D eigenvalue weighted by Gasteiger charge is -2.21. The second kappa shape index (κ2) is 7.04. The van der Waals surface area contributed by atoms with Gasteiger partial charge in [-0.05, 0) is 18.9 Å². The van der Waals surface area contributed by atoms with Gasteiger partial charge in [0, 0.05) is 19.3 Å². The van der Waals surface area contributed by atoms with Crippen molar-refractivity contribution in [3.63, 3.8) is 0 Å². The molecule has 7 heteroatoms. The van der Waals surface area contributed by atoms with Crippen molar-refractivity contribution in [1.82, 2.24) is 9.88 Å². The summed E-state index contributed by atoms with van der Waals surface area (Å²) in [5, 5.41) is 10.7. The van der Waals surface area contributed by atoms with Gasteiger partial charge in [-0.25, -0.2) is 4.98 Å². The molecule has 0 bridgehead atoms. The maximum atomic E-state index is 12.3. The number of hydrogen-bond donors (Lipinski definition) is 0. The van der Waals surface area contributed by atoms with E-state index in [2.05, 4.69) is 4.98 Å². The average Bonchev–Trinajstić information content (AvgIpc) is 2.37. The van der Waals surface area contributed by atoms with Crippen molar-refractivity contribution >= 4 is 23.2 Å². The molecule has 0 aliphatic carbocycles. The van der Waals surface area contributed by atoms with Gasteiger partial charge in [0.25, 0.3) is 5.91 Å². The highest BCUT2D eigenvalue weighted by Gasteiger charge is 2.27. The van der Waals surface area contributed by atoms with Gasteiger partial charge in [-0.2, -0.15) is 0 Å². The molecule has 1 aromatic heterocycles. The van der Waals surface area contributed by atoms with Gasteiger partial charge in [0.2, 0.25) is 5.15 Å². The molecule has 0 aliphatic heterocycles. The van der Waals surface area contributed by atoms with E-state index in [1.807, 2.05) is 13.8 Å². The molecule has 0 spiro atoms. The molecule has 1 aromatic rings. The summed E-state index contributed by atoms with van der Waals surface area (Å²) in [6.45, 7) is 5.02. The lowest BCUT2D eigenvalue weighted by molar-refractivity contribution is -0.385. The Morgan fingerprint density at radius 2 is 2.00 bits per heavy atom. The molecule has 1 rings (SSSR count). The summed E-state index contributed by atoms with van der Waals surface area (Å²) in [5.41, 5.74) is -0.432. The van der Waals surface area contributed by atoms with E-state index in [1.165, 1.54) is 12.3 Å². The lowest BCUT2D eigenvalue weighted by atomic mass is 10.2. The molecule has 0 atom stereocenters. The van der Waals surface area contributed by atoms with Crippen LogP contribution in [-0.4, -0.2) is 33.8 Å². The summed E-state index contributed by atoms with van der Waals surface area (Å²) in [7, 11) is 0. The third-order valence-corrected chi connectivity index (χ3v) is 2.84. The highest BCUT2D eigenvalue weighted by molar-refractivity contribution is 6.32. The Morgan fingerprint density at radius 1 is 1.42 bits per heavy atom. The molecule has 0 radical (unpaired) electrons. The SMILES string of the molecule is CCCN(CCC)C(=O)c1ccnc(Cl)c1[N+](=O)[O-]. The van der Waals surface area contributed by atoms with Gasteiger partial charge in [0.05, 0.1) is 4.92 Å². The third kappa shape index (κ3) is 3.64. The van der Waals surface area contributed by atoms with Crippen LogP contribution in [-0.2, 0) is 0 Å². The number of rotatable bonds is 6. The minimum absolute atomic E-state index is 0.00750. The number of aromatic nitrogens is 1. The van der Waals surface area contributed by atoms with E-state index in [9.17, 15) is 14.9 Å². The zero-order chi connectivity index (χ0) is 14.4. The topological polar surface area (TPSA) is 76.3 Å². The zero-order valence-electron chi connectivity index (χ0n) is 10.9. The fourth-order valence-corrected chi connectivity index (χ4v) is 2.03. The van der Waals surface area contributed by atoms with E-state index in [-0.39, 0.29) is 16.6 Å². The Balaban J connectivity index is 3.17. The molecule has 1 heterocycles. The Morgan fingerprint density at radius 3 is 2.47 bits per heavy atom. The van der Waals surface area contributed by atoms with E-state index in [4.69, 9.17) is 11.6 Å². The number of hydrogen-bond acceptors (Lipinski definition) is 4. The second-order valence-corrected chi connectivity index (χ2v) is 4.41. The van der Waals surface area contributed by atoms with Crippen molar-refractivity contribution in [2.24, 2.45) is 0 Å². The Labute approximate surface area is 116 Å². The summed E-state index contributed by atoms with van der Waals surface area (Å²) in [6.07, 6.45) is 2.88. The molecule has 0 saturated heterocycles. The van der Waals surface area contributed by atoms with E-state index < -0.39 is 10.6 Å². The second-order valence-electron chi connectivity index (χ2n) is 4.05. The normalized spacial score (nSPS) is 10.3. The minimum atomic E-state index is -0.668. The van der Waals surface area contributed by atoms with Crippen LogP contribution in [0, 0.1) is 10.1 Å². The van der Waals surface area contributed by atoms with Crippen LogP contribution in [0.15, 0.2) is 12.3 Å². The predicted molar refractivity (Wildman–Crippen MR) is 72.4 cm³/mol. The van der Waals surface area contributed by atoms with Gasteiger partial charge in [-0.3, -0.25) is 14.9 Å². The third-order valence-electron chi connectivity index (χ3n) is 2.57. The number of carbonyl (C=O) groups excluding carboxylic acids is 1. The van der Waals surface area contributed by atoms with Gasteiger partial charge in [-0.15, -0.1) is 0 Å². The van der Waals surface area contributed by atoms with Crippen molar-refractivity contribution in [3.8, 4) is 0 Å². The van der Waals surface area contributed by atoms with E-state index in [0.29, 0.717) is 13.1 Å². The maximum absolute atomic E-state index is 12.3. The summed E-state index contributed by atoms with van der Waals surface area (Å²) in [6, 6.07) is 1.34. The quantitative estimate of drug-likeness (QED) is 0.457. The number of pyridine rings is 1. The summed E-state index contributed by atoms with van der Waals surface area (Å²) in [5.74, 6) is -0.375. The van der Waals surface area contributed by atoms with Crippen LogP contribution in [0.1, 0.15) is 37.0 Å². The van der Waals surface area contributed by atoms with Crippen molar-refractivity contribution in [3.05, 3.63) is 33.1 Å². The molecule has 19 heavy (non-hydrogen) atoms. The minimum Gasteiger partial charge on any atom is -0.338 e. The molecule has 0 N–H and O–H groups in total. The first-order valence-corrected chi connectivity index (χ1v) is 6.48. The van der Waals surface area contributed by atoms with Gasteiger partial charge in [0.1, 0.15) is 5.56 Å². The van der Waals surface area contributed by atoms with Crippen LogP contribution in [0.3, 0.4) is 0 Å². The van der Waals surface area contributed by atoms with Gasteiger partial charge >= 0.3 is 5.69 Å². The highest BCUT2D eigenvalue weighted by Crippen LogP contribution is 2.27. The van der Waals surface area contributed by atoms with Gasteiger partial charge in [-0.1, -0.05) is 25.4 Å². The number of carbonyl (C=O) groups is 1. The number of halogens is 1. The Kier molecular flexibility index (Phi) is 5.69. The van der Waals surface area contributed by atoms with Crippen molar-refractivity contribution in [2.75, 3.05) is 13.1 Å². The molecule has 6 nitrogen and oxygen atoms in total. The fourth-order valence-electron chi connectivity index (χ4n) is 1.80. The first-order chi connectivity index (χ1) is 9.02. The van der Waals surface area contributed by atoms with E-state index in [0.717, 1.165) is 12.8 Å². The zero-order valence-corrected chi connectivity index (χ0v) is 11.7. The molecule has 0 unspecified atom stereocenters. The van der Waals surface area contributed by atoms with E-state index in [1.54, 1.807) is 4.90 Å². The smallest absolute Gasteiger partial charge is 0.319 e. The molecular weight excluding hydrogens is 270 g/mol. The average molecular weight is 286 g/mol. The highest BCUT2D eigenvalue weighted by atomic mass is 35.5. The van der Waals surface area contributed by atoms with Crippen LogP contribution >= 0.6 is 11.6 Å². The number of amides is 1. The van der Waals surface area contributed by atoms with Crippen LogP contribution < -0.4 is 0 Å². The monoisotopic (exact) mass is 285 g/mol. The van der Waals surface area contributed by atoms with Crippen molar-refractivity contribution in [2.45, 2.75) is 26.7 Å². The molecule has 0 saturated carbocycles. The maximum Gasteiger partial charge on any atom is 0.319 e. The first-order valence-electron chi connectivity index (χ1n) is 6.11. The van der Waals surface area contributed by atoms with Gasteiger partial charge < -0.3 is 4.90 Å². The molecule has 104 valence electrons.